The lowest BCUT2D eigenvalue weighted by Crippen LogP contribution is -2.20. The summed E-state index contributed by atoms with van der Waals surface area (Å²) in [6, 6.07) is 8.94. The first kappa shape index (κ1) is 14.3. The minimum atomic E-state index is -0.454. The van der Waals surface area contributed by atoms with E-state index in [2.05, 4.69) is 5.32 Å². The van der Waals surface area contributed by atoms with Crippen molar-refractivity contribution in [3.05, 3.63) is 52.6 Å². The smallest absolute Gasteiger partial charge is 0.259 e. The van der Waals surface area contributed by atoms with Crippen LogP contribution < -0.4 is 5.32 Å². The largest absolute Gasteiger partial charge is 0.508 e. The van der Waals surface area contributed by atoms with Crippen LogP contribution in [0.15, 0.2) is 30.3 Å². The summed E-state index contributed by atoms with van der Waals surface area (Å²) in [4.78, 5) is 24.0. The minimum Gasteiger partial charge on any atom is -0.508 e. The fraction of sp³-hybridized carbons (Fsp3) is 0.222. The molecule has 1 aliphatic heterocycles. The maximum absolute atomic E-state index is 12.2. The van der Waals surface area contributed by atoms with Gasteiger partial charge in [0, 0.05) is 0 Å². The number of carbonyl (C=O) groups is 2. The Kier molecular flexibility index (Phi) is 3.45. The van der Waals surface area contributed by atoms with Crippen LogP contribution in [0.5, 0.6) is 5.75 Å². The lowest BCUT2D eigenvalue weighted by molar-refractivity contribution is 0.0879. The van der Waals surface area contributed by atoms with Crippen LogP contribution in [0.2, 0.25) is 0 Å². The van der Waals surface area contributed by atoms with E-state index in [1.807, 2.05) is 32.0 Å². The molecule has 0 atom stereocenters. The zero-order valence-electron chi connectivity index (χ0n) is 12.6. The van der Waals surface area contributed by atoms with Crippen LogP contribution in [0.3, 0.4) is 0 Å². The van der Waals surface area contributed by atoms with Crippen LogP contribution in [0.25, 0.3) is 11.1 Å². The zero-order valence-corrected chi connectivity index (χ0v) is 12.6. The predicted molar refractivity (Wildman–Crippen MR) is 84.1 cm³/mol. The van der Waals surface area contributed by atoms with E-state index in [-0.39, 0.29) is 11.3 Å². The highest BCUT2D eigenvalue weighted by Crippen LogP contribution is 2.37. The molecule has 4 nitrogen and oxygen atoms in total. The van der Waals surface area contributed by atoms with Gasteiger partial charge in [0.1, 0.15) is 5.75 Å². The van der Waals surface area contributed by atoms with Crippen molar-refractivity contribution in [2.45, 2.75) is 26.7 Å². The molecular weight excluding hydrogens is 278 g/mol. The van der Waals surface area contributed by atoms with Crippen LogP contribution in [-0.4, -0.2) is 16.9 Å². The number of aromatic hydroxyl groups is 1. The number of nitrogens with one attached hydrogen (secondary N) is 1. The summed E-state index contributed by atoms with van der Waals surface area (Å²) in [6.45, 7) is 4.10. The molecule has 0 aliphatic carbocycles. The van der Waals surface area contributed by atoms with Gasteiger partial charge in [0.25, 0.3) is 11.8 Å². The van der Waals surface area contributed by atoms with E-state index in [4.69, 9.17) is 0 Å². The highest BCUT2D eigenvalue weighted by Gasteiger charge is 2.31. The maximum atomic E-state index is 12.2. The average Bonchev–Trinajstić information content (AvgIpc) is 2.80. The second kappa shape index (κ2) is 5.30. The van der Waals surface area contributed by atoms with E-state index in [0.29, 0.717) is 11.1 Å². The van der Waals surface area contributed by atoms with Gasteiger partial charge in [0.05, 0.1) is 11.1 Å². The molecule has 0 saturated carbocycles. The normalized spacial score (nSPS) is 13.2. The minimum absolute atomic E-state index is 0.00782. The lowest BCUT2D eigenvalue weighted by atomic mass is 9.88. The SMILES string of the molecule is CCc1cccc(CC)c1-c1cc(O)cc2c1C(=O)NC2=O. The third-order valence-corrected chi connectivity index (χ3v) is 4.09. The number of benzene rings is 2. The molecule has 2 aromatic rings. The fourth-order valence-corrected chi connectivity index (χ4v) is 3.07. The maximum Gasteiger partial charge on any atom is 0.259 e. The molecule has 112 valence electrons. The number of phenolic OH excluding ortho intramolecular Hbond substituents is 1. The quantitative estimate of drug-likeness (QED) is 0.855. The molecule has 4 heteroatoms. The first-order chi connectivity index (χ1) is 10.6. The molecular formula is C18H17NO3. The van der Waals surface area contributed by atoms with Gasteiger partial charge >= 0.3 is 0 Å². The standard InChI is InChI=1S/C18H17NO3/c1-3-10-6-5-7-11(4-2)15(10)13-8-12(20)9-14-16(13)18(22)19-17(14)21/h5-9,20H,3-4H2,1-2H3,(H,19,21,22). The topological polar surface area (TPSA) is 66.4 Å². The van der Waals surface area contributed by atoms with Gasteiger partial charge in [-0.3, -0.25) is 14.9 Å². The van der Waals surface area contributed by atoms with Gasteiger partial charge in [-0.1, -0.05) is 32.0 Å². The number of hydrogen-bond donors (Lipinski definition) is 2. The van der Waals surface area contributed by atoms with Gasteiger partial charge in [-0.05, 0) is 47.2 Å². The van der Waals surface area contributed by atoms with Crippen molar-refractivity contribution in [1.82, 2.24) is 5.32 Å². The van der Waals surface area contributed by atoms with Gasteiger partial charge in [-0.15, -0.1) is 0 Å². The van der Waals surface area contributed by atoms with Crippen LogP contribution in [-0.2, 0) is 12.8 Å². The van der Waals surface area contributed by atoms with Crippen LogP contribution in [0.1, 0.15) is 45.7 Å². The summed E-state index contributed by atoms with van der Waals surface area (Å²) in [6.07, 6.45) is 1.62. The van der Waals surface area contributed by atoms with Crippen LogP contribution in [0.4, 0.5) is 0 Å². The second-order valence-corrected chi connectivity index (χ2v) is 5.36. The van der Waals surface area contributed by atoms with Crippen molar-refractivity contribution in [3.63, 3.8) is 0 Å². The van der Waals surface area contributed by atoms with E-state index in [0.717, 1.165) is 29.5 Å². The second-order valence-electron chi connectivity index (χ2n) is 5.36. The van der Waals surface area contributed by atoms with E-state index in [9.17, 15) is 14.7 Å². The molecule has 2 amide bonds. The van der Waals surface area contributed by atoms with Crippen molar-refractivity contribution in [1.29, 1.82) is 0 Å². The summed E-state index contributed by atoms with van der Waals surface area (Å²) < 4.78 is 0. The number of carbonyl (C=O) groups excluding carboxylic acids is 2. The molecule has 0 unspecified atom stereocenters. The molecule has 22 heavy (non-hydrogen) atoms. The highest BCUT2D eigenvalue weighted by molar-refractivity contribution is 6.24. The molecule has 0 aromatic heterocycles. The number of aryl methyl sites for hydroxylation is 2. The fourth-order valence-electron chi connectivity index (χ4n) is 3.07. The highest BCUT2D eigenvalue weighted by atomic mass is 16.3. The number of phenols is 1. The average molecular weight is 295 g/mol. The first-order valence-electron chi connectivity index (χ1n) is 7.40. The Morgan fingerprint density at radius 2 is 1.50 bits per heavy atom. The van der Waals surface area contributed by atoms with Crippen LogP contribution in [0, 0.1) is 0 Å². The first-order valence-corrected chi connectivity index (χ1v) is 7.40. The van der Waals surface area contributed by atoms with Gasteiger partial charge in [0.2, 0.25) is 0 Å². The Labute approximate surface area is 128 Å². The van der Waals surface area contributed by atoms with Crippen molar-refractivity contribution in [2.75, 3.05) is 0 Å². The summed E-state index contributed by atoms with van der Waals surface area (Å²) in [7, 11) is 0. The summed E-state index contributed by atoms with van der Waals surface area (Å²) in [5.74, 6) is -0.862. The Balaban J connectivity index is 2.38. The lowest BCUT2D eigenvalue weighted by Gasteiger charge is -2.16. The molecule has 0 bridgehead atoms. The van der Waals surface area contributed by atoms with Gasteiger partial charge < -0.3 is 5.11 Å². The van der Waals surface area contributed by atoms with Crippen molar-refractivity contribution in [2.24, 2.45) is 0 Å². The Hall–Kier alpha value is -2.62. The predicted octanol–water partition coefficient (Wildman–Crippen LogP) is 3.07. The van der Waals surface area contributed by atoms with Crippen molar-refractivity contribution >= 4 is 11.8 Å². The van der Waals surface area contributed by atoms with Gasteiger partial charge in [0.15, 0.2) is 0 Å². The molecule has 1 aliphatic rings. The molecule has 1 heterocycles. The summed E-state index contributed by atoms with van der Waals surface area (Å²) >= 11 is 0. The Morgan fingerprint density at radius 3 is 2.09 bits per heavy atom. The third kappa shape index (κ3) is 2.08. The Bertz CT molecular complexity index is 771. The molecule has 3 rings (SSSR count). The van der Waals surface area contributed by atoms with Gasteiger partial charge in [-0.25, -0.2) is 0 Å². The molecule has 2 aromatic carbocycles. The zero-order chi connectivity index (χ0) is 15.9. The van der Waals surface area contributed by atoms with Crippen LogP contribution >= 0.6 is 0 Å². The molecule has 0 spiro atoms. The van der Waals surface area contributed by atoms with Crippen molar-refractivity contribution in [3.8, 4) is 16.9 Å². The summed E-state index contributed by atoms with van der Waals surface area (Å²) in [5.41, 5.74) is 4.38. The van der Waals surface area contributed by atoms with E-state index >= 15 is 0 Å². The third-order valence-electron chi connectivity index (χ3n) is 4.09. The van der Waals surface area contributed by atoms with E-state index in [1.54, 1.807) is 6.07 Å². The number of fused-ring (bicyclic) bond motifs is 1. The molecule has 0 fully saturated rings. The number of rotatable bonds is 3. The number of imide groups is 1. The molecule has 2 N–H and O–H groups in total. The van der Waals surface area contributed by atoms with E-state index < -0.39 is 11.8 Å². The molecule has 0 radical (unpaired) electrons. The number of amides is 2. The van der Waals surface area contributed by atoms with Crippen molar-refractivity contribution < 1.29 is 14.7 Å². The summed E-state index contributed by atoms with van der Waals surface area (Å²) in [5, 5.41) is 12.3. The Morgan fingerprint density at radius 1 is 0.909 bits per heavy atom. The van der Waals surface area contributed by atoms with E-state index in [1.165, 1.54) is 6.07 Å². The monoisotopic (exact) mass is 295 g/mol. The molecule has 0 saturated heterocycles. The van der Waals surface area contributed by atoms with Gasteiger partial charge in [-0.2, -0.15) is 0 Å². The number of hydrogen-bond acceptors (Lipinski definition) is 3.